The second-order valence-electron chi connectivity index (χ2n) is 4.57. The zero-order chi connectivity index (χ0) is 13.4. The Kier molecular flexibility index (Phi) is 3.05. The number of aliphatic hydroxyl groups excluding tert-OH is 1. The van der Waals surface area contributed by atoms with Gasteiger partial charge in [-0.3, -0.25) is 0 Å². The van der Waals surface area contributed by atoms with Crippen LogP contribution in [0.4, 0.5) is 0 Å². The molecule has 1 unspecified atom stereocenters. The smallest absolute Gasteiger partial charge is 0.153 e. The first-order valence-electron chi connectivity index (χ1n) is 6.11. The number of furan rings is 1. The molecule has 1 N–H and O–H groups in total. The summed E-state index contributed by atoms with van der Waals surface area (Å²) in [7, 11) is 0. The Bertz CT molecular complexity index is 714. The molecule has 0 saturated heterocycles. The first-order valence-corrected chi connectivity index (χ1v) is 6.49. The Balaban J connectivity index is 2.19. The molecule has 3 aromatic rings. The molecule has 2 aromatic carbocycles. The molecule has 0 amide bonds. The van der Waals surface area contributed by atoms with Crippen LogP contribution in [0.15, 0.2) is 52.9 Å². The van der Waals surface area contributed by atoms with Crippen molar-refractivity contribution in [1.82, 2.24) is 0 Å². The highest BCUT2D eigenvalue weighted by atomic mass is 35.5. The van der Waals surface area contributed by atoms with E-state index >= 15 is 0 Å². The van der Waals surface area contributed by atoms with E-state index in [9.17, 15) is 5.11 Å². The average molecular weight is 273 g/mol. The first-order chi connectivity index (χ1) is 9.15. The molecule has 0 spiro atoms. The summed E-state index contributed by atoms with van der Waals surface area (Å²) >= 11 is 6.25. The van der Waals surface area contributed by atoms with E-state index in [2.05, 4.69) is 0 Å². The highest BCUT2D eigenvalue weighted by Crippen LogP contribution is 2.34. The minimum absolute atomic E-state index is 0.530. The molecule has 0 aliphatic heterocycles. The van der Waals surface area contributed by atoms with Crippen molar-refractivity contribution >= 4 is 22.6 Å². The van der Waals surface area contributed by atoms with Gasteiger partial charge in [0.1, 0.15) is 11.9 Å². The van der Waals surface area contributed by atoms with E-state index in [-0.39, 0.29) is 0 Å². The molecule has 3 heteroatoms. The molecule has 0 saturated carbocycles. The molecule has 1 heterocycles. The molecular weight excluding hydrogens is 260 g/mol. The topological polar surface area (TPSA) is 33.4 Å². The maximum Gasteiger partial charge on any atom is 0.153 e. The minimum Gasteiger partial charge on any atom is -0.457 e. The number of benzene rings is 2. The van der Waals surface area contributed by atoms with Gasteiger partial charge in [-0.2, -0.15) is 0 Å². The largest absolute Gasteiger partial charge is 0.457 e. The third kappa shape index (κ3) is 2.25. The van der Waals surface area contributed by atoms with Crippen LogP contribution >= 0.6 is 11.6 Å². The molecule has 0 bridgehead atoms. The van der Waals surface area contributed by atoms with Crippen molar-refractivity contribution in [2.45, 2.75) is 13.0 Å². The van der Waals surface area contributed by atoms with Gasteiger partial charge in [0.2, 0.25) is 0 Å². The third-order valence-corrected chi connectivity index (χ3v) is 3.39. The number of hydrogen-bond donors (Lipinski definition) is 1. The Morgan fingerprint density at radius 1 is 1.05 bits per heavy atom. The molecule has 0 radical (unpaired) electrons. The van der Waals surface area contributed by atoms with Crippen LogP contribution in [0.1, 0.15) is 18.8 Å². The molecule has 1 atom stereocenters. The lowest BCUT2D eigenvalue weighted by molar-refractivity contribution is 0.172. The van der Waals surface area contributed by atoms with Crippen LogP contribution in [0.5, 0.6) is 0 Å². The van der Waals surface area contributed by atoms with E-state index in [4.69, 9.17) is 16.0 Å². The number of hydrogen-bond acceptors (Lipinski definition) is 2. The van der Waals surface area contributed by atoms with Crippen molar-refractivity contribution in [3.05, 3.63) is 59.3 Å². The zero-order valence-electron chi connectivity index (χ0n) is 10.4. The molecule has 0 fully saturated rings. The summed E-state index contributed by atoms with van der Waals surface area (Å²) in [6.07, 6.45) is -0.636. The lowest BCUT2D eigenvalue weighted by Crippen LogP contribution is -1.85. The van der Waals surface area contributed by atoms with Gasteiger partial charge in [0.05, 0.1) is 5.02 Å². The van der Waals surface area contributed by atoms with Crippen LogP contribution < -0.4 is 0 Å². The van der Waals surface area contributed by atoms with Gasteiger partial charge in [0.15, 0.2) is 5.58 Å². The lowest BCUT2D eigenvalue weighted by Gasteiger charge is -2.02. The highest BCUT2D eigenvalue weighted by Gasteiger charge is 2.12. The fraction of sp³-hybridized carbons (Fsp3) is 0.125. The SMILES string of the molecule is CC(O)c1cc2cc(-c3ccccc3)cc(Cl)c2o1. The summed E-state index contributed by atoms with van der Waals surface area (Å²) in [4.78, 5) is 0. The predicted octanol–water partition coefficient (Wildman–Crippen LogP) is 4.81. The van der Waals surface area contributed by atoms with Gasteiger partial charge < -0.3 is 9.52 Å². The molecule has 0 aliphatic rings. The molecular formula is C16H13ClO2. The van der Waals surface area contributed by atoms with Crippen LogP contribution in [-0.4, -0.2) is 5.11 Å². The normalized spacial score (nSPS) is 12.8. The van der Waals surface area contributed by atoms with E-state index < -0.39 is 6.10 Å². The van der Waals surface area contributed by atoms with E-state index in [0.29, 0.717) is 16.4 Å². The van der Waals surface area contributed by atoms with Crippen molar-refractivity contribution < 1.29 is 9.52 Å². The van der Waals surface area contributed by atoms with Gasteiger partial charge in [-0.15, -0.1) is 0 Å². The highest BCUT2D eigenvalue weighted by molar-refractivity contribution is 6.35. The summed E-state index contributed by atoms with van der Waals surface area (Å²) in [5.41, 5.74) is 2.76. The number of halogens is 1. The summed E-state index contributed by atoms with van der Waals surface area (Å²) in [6, 6.07) is 15.8. The maximum absolute atomic E-state index is 9.57. The summed E-state index contributed by atoms with van der Waals surface area (Å²) in [5.74, 6) is 0.530. The van der Waals surface area contributed by atoms with Crippen LogP contribution in [0, 0.1) is 0 Å². The molecule has 2 nitrogen and oxygen atoms in total. The van der Waals surface area contributed by atoms with Crippen molar-refractivity contribution in [2.75, 3.05) is 0 Å². The minimum atomic E-state index is -0.636. The summed E-state index contributed by atoms with van der Waals surface area (Å²) < 4.78 is 5.57. The van der Waals surface area contributed by atoms with Crippen LogP contribution in [0.3, 0.4) is 0 Å². The van der Waals surface area contributed by atoms with E-state index in [1.807, 2.05) is 48.5 Å². The van der Waals surface area contributed by atoms with Crippen LogP contribution in [0.25, 0.3) is 22.1 Å². The van der Waals surface area contributed by atoms with Crippen LogP contribution in [-0.2, 0) is 0 Å². The molecule has 3 rings (SSSR count). The van der Waals surface area contributed by atoms with E-state index in [0.717, 1.165) is 16.5 Å². The molecule has 0 aliphatic carbocycles. The van der Waals surface area contributed by atoms with Gasteiger partial charge in [0, 0.05) is 5.39 Å². The predicted molar refractivity (Wildman–Crippen MR) is 77.3 cm³/mol. The fourth-order valence-corrected chi connectivity index (χ4v) is 2.40. The monoisotopic (exact) mass is 272 g/mol. The standard InChI is InChI=1S/C16H13ClO2/c1-10(18)15-9-13-7-12(8-14(17)16(13)19-15)11-5-3-2-4-6-11/h2-10,18H,1H3. The Labute approximate surface area is 116 Å². The van der Waals surface area contributed by atoms with Crippen molar-refractivity contribution in [1.29, 1.82) is 0 Å². The van der Waals surface area contributed by atoms with Crippen molar-refractivity contribution in [2.24, 2.45) is 0 Å². The zero-order valence-corrected chi connectivity index (χ0v) is 11.2. The Hall–Kier alpha value is -1.77. The molecule has 19 heavy (non-hydrogen) atoms. The van der Waals surface area contributed by atoms with E-state index in [1.54, 1.807) is 6.92 Å². The number of aliphatic hydroxyl groups is 1. The number of fused-ring (bicyclic) bond motifs is 1. The maximum atomic E-state index is 9.57. The first kappa shape index (κ1) is 12.3. The summed E-state index contributed by atoms with van der Waals surface area (Å²) in [6.45, 7) is 1.67. The third-order valence-electron chi connectivity index (χ3n) is 3.11. The lowest BCUT2D eigenvalue weighted by atomic mass is 10.0. The second kappa shape index (κ2) is 4.72. The second-order valence-corrected chi connectivity index (χ2v) is 4.97. The van der Waals surface area contributed by atoms with E-state index in [1.165, 1.54) is 0 Å². The quantitative estimate of drug-likeness (QED) is 0.726. The van der Waals surface area contributed by atoms with Crippen molar-refractivity contribution in [3.63, 3.8) is 0 Å². The van der Waals surface area contributed by atoms with Gasteiger partial charge in [-0.1, -0.05) is 41.9 Å². The fourth-order valence-electron chi connectivity index (χ4n) is 2.13. The van der Waals surface area contributed by atoms with Gasteiger partial charge in [-0.25, -0.2) is 0 Å². The molecule has 96 valence electrons. The van der Waals surface area contributed by atoms with Gasteiger partial charge >= 0.3 is 0 Å². The summed E-state index contributed by atoms with van der Waals surface area (Å²) in [5, 5.41) is 11.0. The van der Waals surface area contributed by atoms with Crippen molar-refractivity contribution in [3.8, 4) is 11.1 Å². The Morgan fingerprint density at radius 2 is 1.79 bits per heavy atom. The number of rotatable bonds is 2. The van der Waals surface area contributed by atoms with Gasteiger partial charge in [-0.05, 0) is 36.2 Å². The van der Waals surface area contributed by atoms with Gasteiger partial charge in [0.25, 0.3) is 0 Å². The van der Waals surface area contributed by atoms with Crippen LogP contribution in [0.2, 0.25) is 5.02 Å². The Morgan fingerprint density at radius 3 is 2.47 bits per heavy atom. The average Bonchev–Trinajstić information content (AvgIpc) is 2.84. The molecule has 1 aromatic heterocycles.